The molecule has 0 spiro atoms. The van der Waals surface area contributed by atoms with Crippen LogP contribution in [0, 0.1) is 11.3 Å². The van der Waals surface area contributed by atoms with Crippen molar-refractivity contribution in [2.45, 2.75) is 0 Å². The number of allylic oxidation sites excluding steroid dienone is 2. The Labute approximate surface area is 76.8 Å². The summed E-state index contributed by atoms with van der Waals surface area (Å²) in [5, 5.41) is 11.8. The Morgan fingerprint density at radius 1 is 1.23 bits per heavy atom. The highest BCUT2D eigenvalue weighted by Gasteiger charge is 2.00. The molecule has 0 bridgehead atoms. The lowest BCUT2D eigenvalue weighted by Gasteiger charge is -2.03. The average molecular weight is 168 g/mol. The van der Waals surface area contributed by atoms with Crippen molar-refractivity contribution in [2.75, 3.05) is 5.32 Å². The minimum absolute atomic E-state index is 0.687. The third-order valence-electron chi connectivity index (χ3n) is 1.90. The van der Waals surface area contributed by atoms with Crippen molar-refractivity contribution in [1.29, 1.82) is 5.26 Å². The molecule has 0 saturated carbocycles. The van der Waals surface area contributed by atoms with E-state index in [1.54, 1.807) is 6.07 Å². The monoisotopic (exact) mass is 168 g/mol. The van der Waals surface area contributed by atoms with Gasteiger partial charge in [0.05, 0.1) is 11.6 Å². The van der Waals surface area contributed by atoms with Gasteiger partial charge in [0.15, 0.2) is 0 Å². The standard InChI is InChI=1S/C11H8N2/c12-8-9-4-5-11-10(7-9)3-1-2-6-13-11/h1-7,13H. The summed E-state index contributed by atoms with van der Waals surface area (Å²) in [4.78, 5) is 0. The van der Waals surface area contributed by atoms with Crippen LogP contribution in [0.1, 0.15) is 11.1 Å². The Morgan fingerprint density at radius 2 is 2.15 bits per heavy atom. The molecule has 1 heterocycles. The predicted molar refractivity (Wildman–Crippen MR) is 53.0 cm³/mol. The molecule has 0 aromatic heterocycles. The van der Waals surface area contributed by atoms with Crippen molar-refractivity contribution < 1.29 is 0 Å². The van der Waals surface area contributed by atoms with Gasteiger partial charge >= 0.3 is 0 Å². The smallest absolute Gasteiger partial charge is 0.0991 e. The van der Waals surface area contributed by atoms with Gasteiger partial charge in [-0.1, -0.05) is 12.2 Å². The molecule has 0 fully saturated rings. The van der Waals surface area contributed by atoms with Gasteiger partial charge < -0.3 is 5.32 Å². The maximum Gasteiger partial charge on any atom is 0.0991 e. The molecule has 0 unspecified atom stereocenters. The summed E-state index contributed by atoms with van der Waals surface area (Å²) in [6, 6.07) is 7.70. The normalized spacial score (nSPS) is 12.5. The predicted octanol–water partition coefficient (Wildman–Crippen LogP) is 2.51. The van der Waals surface area contributed by atoms with Crippen molar-refractivity contribution in [3.05, 3.63) is 47.7 Å². The number of benzene rings is 1. The lowest BCUT2D eigenvalue weighted by molar-refractivity contribution is 1.47. The molecular weight excluding hydrogens is 160 g/mol. The van der Waals surface area contributed by atoms with Gasteiger partial charge in [0.2, 0.25) is 0 Å². The number of fused-ring (bicyclic) bond motifs is 1. The van der Waals surface area contributed by atoms with Crippen LogP contribution >= 0.6 is 0 Å². The maximum absolute atomic E-state index is 8.70. The second kappa shape index (κ2) is 3.16. The van der Waals surface area contributed by atoms with E-state index in [0.717, 1.165) is 11.3 Å². The number of hydrogen-bond acceptors (Lipinski definition) is 2. The Balaban J connectivity index is 2.53. The molecule has 1 aliphatic rings. The minimum atomic E-state index is 0.687. The van der Waals surface area contributed by atoms with E-state index in [1.165, 1.54) is 0 Å². The van der Waals surface area contributed by atoms with Gasteiger partial charge in [0.25, 0.3) is 0 Å². The number of rotatable bonds is 0. The van der Waals surface area contributed by atoms with E-state index in [0.29, 0.717) is 5.56 Å². The van der Waals surface area contributed by atoms with E-state index in [9.17, 15) is 0 Å². The van der Waals surface area contributed by atoms with Gasteiger partial charge in [-0.3, -0.25) is 0 Å². The second-order valence-electron chi connectivity index (χ2n) is 2.78. The first kappa shape index (κ1) is 7.63. The lowest BCUT2D eigenvalue weighted by atomic mass is 10.1. The zero-order chi connectivity index (χ0) is 9.10. The molecule has 1 aliphatic heterocycles. The molecule has 0 aliphatic carbocycles. The van der Waals surface area contributed by atoms with Crippen LogP contribution in [0.15, 0.2) is 36.6 Å². The third-order valence-corrected chi connectivity index (χ3v) is 1.90. The highest BCUT2D eigenvalue weighted by Crippen LogP contribution is 2.20. The van der Waals surface area contributed by atoms with Gasteiger partial charge in [-0.25, -0.2) is 0 Å². The number of nitrogens with one attached hydrogen (secondary N) is 1. The summed E-state index contributed by atoms with van der Waals surface area (Å²) >= 11 is 0. The molecular formula is C11H8N2. The molecule has 2 nitrogen and oxygen atoms in total. The zero-order valence-electron chi connectivity index (χ0n) is 6.99. The minimum Gasteiger partial charge on any atom is -0.361 e. The number of hydrogen-bond donors (Lipinski definition) is 1. The Hall–Kier alpha value is -2.01. The summed E-state index contributed by atoms with van der Waals surface area (Å²) in [6.45, 7) is 0. The van der Waals surface area contributed by atoms with E-state index in [-0.39, 0.29) is 0 Å². The van der Waals surface area contributed by atoms with E-state index >= 15 is 0 Å². The second-order valence-corrected chi connectivity index (χ2v) is 2.78. The molecule has 2 rings (SSSR count). The molecule has 0 atom stereocenters. The highest BCUT2D eigenvalue weighted by atomic mass is 14.8. The largest absolute Gasteiger partial charge is 0.361 e. The van der Waals surface area contributed by atoms with Crippen molar-refractivity contribution in [1.82, 2.24) is 0 Å². The number of nitriles is 1. The SMILES string of the molecule is N#Cc1ccc2c(c1)C=CC=CN2. The fraction of sp³-hybridized carbons (Fsp3) is 0. The zero-order valence-corrected chi connectivity index (χ0v) is 6.99. The summed E-state index contributed by atoms with van der Waals surface area (Å²) < 4.78 is 0. The highest BCUT2D eigenvalue weighted by molar-refractivity contribution is 5.71. The molecule has 1 aromatic carbocycles. The Morgan fingerprint density at radius 3 is 3.00 bits per heavy atom. The van der Waals surface area contributed by atoms with Crippen molar-refractivity contribution >= 4 is 11.8 Å². The van der Waals surface area contributed by atoms with E-state index in [1.807, 2.05) is 36.6 Å². The van der Waals surface area contributed by atoms with Crippen LogP contribution in [0.3, 0.4) is 0 Å². The Kier molecular flexibility index (Phi) is 1.85. The van der Waals surface area contributed by atoms with Gasteiger partial charge in [0.1, 0.15) is 0 Å². The molecule has 0 amide bonds. The van der Waals surface area contributed by atoms with E-state index in [2.05, 4.69) is 11.4 Å². The van der Waals surface area contributed by atoms with Gasteiger partial charge in [-0.05, 0) is 29.8 Å². The van der Waals surface area contributed by atoms with Crippen LogP contribution in [0.4, 0.5) is 5.69 Å². The molecule has 2 heteroatoms. The van der Waals surface area contributed by atoms with Crippen molar-refractivity contribution in [2.24, 2.45) is 0 Å². The fourth-order valence-electron chi connectivity index (χ4n) is 1.25. The van der Waals surface area contributed by atoms with Crippen LogP contribution in [0.2, 0.25) is 0 Å². The van der Waals surface area contributed by atoms with Crippen molar-refractivity contribution in [3.63, 3.8) is 0 Å². The topological polar surface area (TPSA) is 35.8 Å². The molecule has 1 aromatic rings. The van der Waals surface area contributed by atoms with Gasteiger partial charge in [0, 0.05) is 11.9 Å². The van der Waals surface area contributed by atoms with E-state index < -0.39 is 0 Å². The first-order valence-electron chi connectivity index (χ1n) is 4.04. The molecule has 62 valence electrons. The van der Waals surface area contributed by atoms with Crippen molar-refractivity contribution in [3.8, 4) is 6.07 Å². The van der Waals surface area contributed by atoms with E-state index in [4.69, 9.17) is 5.26 Å². The molecule has 13 heavy (non-hydrogen) atoms. The average Bonchev–Trinajstić information content (AvgIpc) is 2.41. The summed E-state index contributed by atoms with van der Waals surface area (Å²) in [5.74, 6) is 0. The van der Waals surface area contributed by atoms with Crippen LogP contribution < -0.4 is 5.32 Å². The molecule has 0 radical (unpaired) electrons. The Bertz CT molecular complexity index is 422. The first-order valence-corrected chi connectivity index (χ1v) is 4.04. The van der Waals surface area contributed by atoms with Crippen LogP contribution in [-0.4, -0.2) is 0 Å². The van der Waals surface area contributed by atoms with Crippen LogP contribution in [0.5, 0.6) is 0 Å². The number of nitrogens with zero attached hydrogens (tertiary/aromatic N) is 1. The summed E-state index contributed by atoms with van der Waals surface area (Å²) in [6.07, 6.45) is 7.72. The lowest BCUT2D eigenvalue weighted by Crippen LogP contribution is -1.89. The summed E-state index contributed by atoms with van der Waals surface area (Å²) in [7, 11) is 0. The molecule has 1 N–H and O–H groups in total. The number of anilines is 1. The van der Waals surface area contributed by atoms with Gasteiger partial charge in [-0.2, -0.15) is 5.26 Å². The summed E-state index contributed by atoms with van der Waals surface area (Å²) in [5.41, 5.74) is 2.76. The fourth-order valence-corrected chi connectivity index (χ4v) is 1.25. The van der Waals surface area contributed by atoms with Crippen LogP contribution in [0.25, 0.3) is 6.08 Å². The van der Waals surface area contributed by atoms with Crippen LogP contribution in [-0.2, 0) is 0 Å². The third kappa shape index (κ3) is 1.45. The first-order chi connectivity index (χ1) is 6.40. The maximum atomic E-state index is 8.70. The quantitative estimate of drug-likeness (QED) is 0.646. The van der Waals surface area contributed by atoms with Gasteiger partial charge in [-0.15, -0.1) is 0 Å². The molecule has 0 saturated heterocycles.